The third kappa shape index (κ3) is 4.92. The van der Waals surface area contributed by atoms with Crippen LogP contribution >= 0.6 is 11.8 Å². The Labute approximate surface area is 240 Å². The van der Waals surface area contributed by atoms with E-state index in [1.54, 1.807) is 0 Å². The van der Waals surface area contributed by atoms with Crippen LogP contribution in [0.5, 0.6) is 5.75 Å². The summed E-state index contributed by atoms with van der Waals surface area (Å²) >= 11 is 5.59. The molecule has 2 N–H and O–H groups in total. The Bertz CT molecular complexity index is 1590. The third-order valence-corrected chi connectivity index (χ3v) is 8.93. The molecule has 6 rings (SSSR count). The summed E-state index contributed by atoms with van der Waals surface area (Å²) in [6.07, 6.45) is 4.23. The minimum absolute atomic E-state index is 0.114. The largest absolute Gasteiger partial charge is 0.489 e. The van der Waals surface area contributed by atoms with Crippen molar-refractivity contribution in [3.8, 4) is 17.1 Å². The second-order valence-corrected chi connectivity index (χ2v) is 12.6. The van der Waals surface area contributed by atoms with Gasteiger partial charge in [0.15, 0.2) is 0 Å². The van der Waals surface area contributed by atoms with Crippen molar-refractivity contribution in [2.45, 2.75) is 76.9 Å². The van der Waals surface area contributed by atoms with Gasteiger partial charge in [-0.15, -0.1) is 4.51 Å². The molecule has 1 saturated heterocycles. The quantitative estimate of drug-likeness (QED) is 0.203. The Kier molecular flexibility index (Phi) is 6.73. The molecule has 0 spiro atoms. The first-order valence-corrected chi connectivity index (χ1v) is 14.3. The van der Waals surface area contributed by atoms with Crippen LogP contribution in [0.25, 0.3) is 22.2 Å². The number of likely N-dealkylation sites (tertiary alicyclic amines) is 1. The maximum Gasteiger partial charge on any atom is 0.249 e. The fourth-order valence-corrected chi connectivity index (χ4v) is 6.28. The number of rotatable bonds is 5. The van der Waals surface area contributed by atoms with Crippen LogP contribution < -0.4 is 10.5 Å². The van der Waals surface area contributed by atoms with Crippen LogP contribution in [0.3, 0.4) is 0 Å². The summed E-state index contributed by atoms with van der Waals surface area (Å²) in [5.41, 5.74) is 11.4. The molecule has 2 heterocycles. The number of hydrogen-bond donors (Lipinski definition) is 1. The predicted octanol–water partition coefficient (Wildman–Crippen LogP) is 7.42. The predicted molar refractivity (Wildman–Crippen MR) is 159 cm³/mol. The van der Waals surface area contributed by atoms with Crippen molar-refractivity contribution < 1.29 is 9.26 Å². The number of ether oxygens (including phenoxy) is 1. The van der Waals surface area contributed by atoms with E-state index in [9.17, 15) is 0 Å². The van der Waals surface area contributed by atoms with Crippen LogP contribution in [0.4, 0.5) is 0 Å². The second-order valence-electron chi connectivity index (χ2n) is 12.4. The fraction of sp³-hybridized carbons (Fsp3) is 0.406. The molecule has 1 aliphatic heterocycles. The molecule has 0 bridgehead atoms. The molecule has 40 heavy (non-hydrogen) atoms. The van der Waals surface area contributed by atoms with E-state index >= 15 is 0 Å². The lowest BCUT2D eigenvalue weighted by Crippen LogP contribution is -2.36. The fourth-order valence-electron chi connectivity index (χ4n) is 6.18. The first-order valence-electron chi connectivity index (χ1n) is 14.0. The van der Waals surface area contributed by atoms with E-state index in [2.05, 4.69) is 84.8 Å². The molecule has 0 saturated carbocycles. The van der Waals surface area contributed by atoms with Crippen LogP contribution in [0.2, 0.25) is 0 Å². The topological polar surface area (TPSA) is 89.8 Å². The number of halogens is 1. The average molecular weight is 558 g/mol. The lowest BCUT2D eigenvalue weighted by molar-refractivity contribution is 0.284. The maximum atomic E-state index is 6.25. The first-order chi connectivity index (χ1) is 19.1. The van der Waals surface area contributed by atoms with Gasteiger partial charge in [-0.2, -0.15) is 4.98 Å². The third-order valence-electron chi connectivity index (χ3n) is 8.75. The van der Waals surface area contributed by atoms with Gasteiger partial charge in [0.05, 0.1) is 0 Å². The first kappa shape index (κ1) is 26.6. The van der Waals surface area contributed by atoms with Gasteiger partial charge in [-0.25, -0.2) is 0 Å². The van der Waals surface area contributed by atoms with E-state index in [1.807, 2.05) is 17.0 Å². The summed E-state index contributed by atoms with van der Waals surface area (Å²) in [6.45, 7) is 10.7. The Morgan fingerprint density at radius 3 is 2.58 bits per heavy atom. The number of benzene rings is 3. The molecule has 3 aromatic carbocycles. The highest BCUT2D eigenvalue weighted by atomic mass is 35.5. The maximum absolute atomic E-state index is 6.25. The Morgan fingerprint density at radius 1 is 1.02 bits per heavy atom. The van der Waals surface area contributed by atoms with E-state index in [1.165, 1.54) is 29.5 Å². The van der Waals surface area contributed by atoms with Crippen LogP contribution in [-0.2, 0) is 17.4 Å². The highest BCUT2D eigenvalue weighted by molar-refractivity contribution is 6.19. The van der Waals surface area contributed by atoms with Crippen molar-refractivity contribution >= 4 is 28.5 Å². The van der Waals surface area contributed by atoms with Gasteiger partial charge in [-0.05, 0) is 82.2 Å². The molecular weight excluding hydrogens is 522 g/mol. The van der Waals surface area contributed by atoms with Gasteiger partial charge in [0, 0.05) is 23.9 Å². The zero-order valence-electron chi connectivity index (χ0n) is 23.6. The summed E-state index contributed by atoms with van der Waals surface area (Å²) in [5, 5.41) is 6.40. The number of nitrogens with two attached hydrogens (primary N) is 1. The molecule has 1 fully saturated rings. The number of nitrogens with zero attached hydrogens (tertiary/aromatic N) is 4. The molecule has 208 valence electrons. The van der Waals surface area contributed by atoms with E-state index in [0.717, 1.165) is 41.5 Å². The van der Waals surface area contributed by atoms with Crippen molar-refractivity contribution in [3.63, 3.8) is 0 Å². The Hall–Kier alpha value is -3.58. The van der Waals surface area contributed by atoms with Gasteiger partial charge in [0.25, 0.3) is 0 Å². The molecule has 4 aromatic rings. The number of aromatic nitrogens is 2. The van der Waals surface area contributed by atoms with E-state index in [4.69, 9.17) is 26.8 Å². The molecule has 0 amide bonds. The molecule has 2 aliphatic rings. The molecule has 1 atom stereocenters. The van der Waals surface area contributed by atoms with E-state index in [-0.39, 0.29) is 22.8 Å². The molecule has 1 aromatic heterocycles. The van der Waals surface area contributed by atoms with Gasteiger partial charge < -0.3 is 19.9 Å². The molecule has 0 unspecified atom stereocenters. The normalized spacial score (nSPS) is 20.1. The van der Waals surface area contributed by atoms with E-state index < -0.39 is 0 Å². The minimum Gasteiger partial charge on any atom is -0.489 e. The standard InChI is InChI=1S/C32H36ClN5O2/c1-31(2)13-14-32(3,4)26-16-20(7-12-25(26)31)19-39-24-11-10-21-17-23(9-8-22(21)18-24)28-35-29(40-37-28)27-6-5-15-38(27)30(34)36-33/h7-12,16-18,27H,5-6,13-15,19H2,1-4H3,(H2,34,36)/t27-/m0/s1. The van der Waals surface area contributed by atoms with Crippen molar-refractivity contribution in [1.29, 1.82) is 0 Å². The smallest absolute Gasteiger partial charge is 0.249 e. The SMILES string of the molecule is CC1(C)CCC(C)(C)c2cc(COc3ccc4cc(-c5noc([C@@H]6CCCN6/C(N)=N\Cl)n5)ccc4c3)ccc21. The summed E-state index contributed by atoms with van der Waals surface area (Å²) in [7, 11) is 0. The van der Waals surface area contributed by atoms with E-state index in [0.29, 0.717) is 18.3 Å². The molecule has 8 heteroatoms. The number of hydrogen-bond acceptors (Lipinski definition) is 5. The Morgan fingerprint density at radius 2 is 1.77 bits per heavy atom. The van der Waals surface area contributed by atoms with Gasteiger partial charge >= 0.3 is 0 Å². The highest BCUT2D eigenvalue weighted by Crippen LogP contribution is 2.46. The zero-order valence-corrected chi connectivity index (χ0v) is 24.3. The number of fused-ring (bicyclic) bond motifs is 2. The van der Waals surface area contributed by atoms with Crippen molar-refractivity contribution in [1.82, 2.24) is 15.0 Å². The average Bonchev–Trinajstić information content (AvgIpc) is 3.64. The summed E-state index contributed by atoms with van der Waals surface area (Å²) in [5.74, 6) is 2.18. The van der Waals surface area contributed by atoms with Crippen LogP contribution in [0.15, 0.2) is 63.6 Å². The summed E-state index contributed by atoms with van der Waals surface area (Å²) in [6, 6.07) is 19.1. The van der Waals surface area contributed by atoms with Gasteiger partial charge in [-0.3, -0.25) is 0 Å². The molecule has 1 aliphatic carbocycles. The lowest BCUT2D eigenvalue weighted by atomic mass is 9.63. The molecule has 0 radical (unpaired) electrons. The van der Waals surface area contributed by atoms with Crippen molar-refractivity contribution in [2.24, 2.45) is 10.2 Å². The minimum atomic E-state index is -0.114. The highest BCUT2D eigenvalue weighted by Gasteiger charge is 2.37. The summed E-state index contributed by atoms with van der Waals surface area (Å²) < 4.78 is 15.5. The van der Waals surface area contributed by atoms with Crippen LogP contribution in [-0.4, -0.2) is 27.5 Å². The molecule has 7 nitrogen and oxygen atoms in total. The second kappa shape index (κ2) is 10.1. The number of guanidine groups is 1. The Balaban J connectivity index is 1.18. The molecular formula is C32H36ClN5O2. The van der Waals surface area contributed by atoms with Crippen molar-refractivity contribution in [3.05, 3.63) is 77.2 Å². The zero-order chi connectivity index (χ0) is 28.1. The van der Waals surface area contributed by atoms with Gasteiger partial charge in [0.2, 0.25) is 17.7 Å². The van der Waals surface area contributed by atoms with Crippen LogP contribution in [0.1, 0.15) is 82.0 Å². The summed E-state index contributed by atoms with van der Waals surface area (Å²) in [4.78, 5) is 6.57. The monoisotopic (exact) mass is 557 g/mol. The van der Waals surface area contributed by atoms with Crippen LogP contribution in [0, 0.1) is 0 Å². The van der Waals surface area contributed by atoms with Gasteiger partial charge in [-0.1, -0.05) is 69.2 Å². The lowest BCUT2D eigenvalue weighted by Gasteiger charge is -2.42. The van der Waals surface area contributed by atoms with Gasteiger partial charge in [0.1, 0.15) is 18.4 Å². The van der Waals surface area contributed by atoms with Crippen molar-refractivity contribution in [2.75, 3.05) is 6.54 Å².